The van der Waals surface area contributed by atoms with Crippen LogP contribution in [0.2, 0.25) is 0 Å². The van der Waals surface area contributed by atoms with Crippen LogP contribution < -0.4 is 5.73 Å². The van der Waals surface area contributed by atoms with Gasteiger partial charge in [-0.3, -0.25) is 0 Å². The van der Waals surface area contributed by atoms with Gasteiger partial charge in [-0.1, -0.05) is 30.3 Å². The van der Waals surface area contributed by atoms with Gasteiger partial charge in [0.25, 0.3) is 0 Å². The fraction of sp³-hybridized carbons (Fsp3) is 0.143. The van der Waals surface area contributed by atoms with Crippen molar-refractivity contribution in [3.8, 4) is 0 Å². The summed E-state index contributed by atoms with van der Waals surface area (Å²) >= 11 is 0. The molecule has 0 saturated carbocycles. The highest BCUT2D eigenvalue weighted by molar-refractivity contribution is 7.91. The van der Waals surface area contributed by atoms with Gasteiger partial charge in [-0.2, -0.15) is 0 Å². The summed E-state index contributed by atoms with van der Waals surface area (Å²) in [6.45, 7) is -0.0527. The predicted molar refractivity (Wildman–Crippen MR) is 71.8 cm³/mol. The highest BCUT2D eigenvalue weighted by atomic mass is 32.2. The van der Waals surface area contributed by atoms with Crippen molar-refractivity contribution in [2.24, 2.45) is 5.73 Å². The van der Waals surface area contributed by atoms with Crippen LogP contribution in [0.25, 0.3) is 0 Å². The topological polar surface area (TPSA) is 60.2 Å². The molecule has 100 valence electrons. The molecular weight excluding hydrogens is 265 g/mol. The van der Waals surface area contributed by atoms with Crippen LogP contribution in [0, 0.1) is 5.82 Å². The van der Waals surface area contributed by atoms with Gasteiger partial charge in [0.05, 0.1) is 4.90 Å². The molecule has 0 unspecified atom stereocenters. The van der Waals surface area contributed by atoms with Crippen LogP contribution in [-0.4, -0.2) is 15.0 Å². The average molecular weight is 279 g/mol. The summed E-state index contributed by atoms with van der Waals surface area (Å²) in [5.74, 6) is -0.406. The Bertz CT molecular complexity index is 639. The molecule has 0 aliphatic rings. The Morgan fingerprint density at radius 1 is 1.00 bits per heavy atom. The quantitative estimate of drug-likeness (QED) is 0.934. The van der Waals surface area contributed by atoms with Gasteiger partial charge in [0.1, 0.15) is 11.1 Å². The van der Waals surface area contributed by atoms with Crippen molar-refractivity contribution in [2.75, 3.05) is 6.54 Å². The molecule has 0 aliphatic heterocycles. The van der Waals surface area contributed by atoms with Crippen LogP contribution in [-0.2, 0) is 9.84 Å². The van der Waals surface area contributed by atoms with E-state index in [2.05, 4.69) is 0 Å². The molecule has 0 fully saturated rings. The zero-order valence-corrected chi connectivity index (χ0v) is 11.0. The summed E-state index contributed by atoms with van der Waals surface area (Å²) in [4.78, 5) is 0.217. The first kappa shape index (κ1) is 13.7. The lowest BCUT2D eigenvalue weighted by Crippen LogP contribution is -2.22. The molecule has 0 amide bonds. The van der Waals surface area contributed by atoms with E-state index in [0.717, 1.165) is 0 Å². The van der Waals surface area contributed by atoms with E-state index >= 15 is 0 Å². The molecule has 3 nitrogen and oxygen atoms in total. The largest absolute Gasteiger partial charge is 0.329 e. The van der Waals surface area contributed by atoms with Gasteiger partial charge < -0.3 is 5.73 Å². The molecule has 2 N–H and O–H groups in total. The first-order valence-corrected chi connectivity index (χ1v) is 7.35. The minimum absolute atomic E-state index is 0.0527. The number of halogens is 1. The third-order valence-corrected chi connectivity index (χ3v) is 5.05. The van der Waals surface area contributed by atoms with Gasteiger partial charge >= 0.3 is 0 Å². The lowest BCUT2D eigenvalue weighted by molar-refractivity contribution is 0.581. The maximum Gasteiger partial charge on any atom is 0.186 e. The van der Waals surface area contributed by atoms with E-state index in [4.69, 9.17) is 5.73 Å². The molecular formula is C14H14FNO2S. The number of sulfone groups is 1. The van der Waals surface area contributed by atoms with Crippen molar-refractivity contribution >= 4 is 9.84 Å². The fourth-order valence-electron chi connectivity index (χ4n) is 1.89. The first-order chi connectivity index (χ1) is 9.05. The van der Waals surface area contributed by atoms with E-state index in [1.165, 1.54) is 36.4 Å². The van der Waals surface area contributed by atoms with Gasteiger partial charge in [0, 0.05) is 6.54 Å². The molecule has 5 heteroatoms. The molecule has 2 aromatic carbocycles. The Balaban J connectivity index is 2.45. The second kappa shape index (κ2) is 5.50. The zero-order chi connectivity index (χ0) is 13.9. The minimum Gasteiger partial charge on any atom is -0.329 e. The lowest BCUT2D eigenvalue weighted by Gasteiger charge is -2.16. The van der Waals surface area contributed by atoms with Gasteiger partial charge in [0.2, 0.25) is 0 Å². The summed E-state index contributed by atoms with van der Waals surface area (Å²) in [7, 11) is -3.56. The number of nitrogens with two attached hydrogens (primary N) is 1. The monoisotopic (exact) mass is 279 g/mol. The van der Waals surface area contributed by atoms with Crippen molar-refractivity contribution in [1.82, 2.24) is 0 Å². The molecule has 0 bridgehead atoms. The van der Waals surface area contributed by atoms with Gasteiger partial charge in [-0.25, -0.2) is 12.8 Å². The van der Waals surface area contributed by atoms with E-state index < -0.39 is 20.9 Å². The van der Waals surface area contributed by atoms with Crippen molar-refractivity contribution in [3.05, 3.63) is 66.0 Å². The minimum atomic E-state index is -3.56. The summed E-state index contributed by atoms with van der Waals surface area (Å²) in [6, 6.07) is 13.5. The molecule has 19 heavy (non-hydrogen) atoms. The van der Waals surface area contributed by atoms with Crippen molar-refractivity contribution in [2.45, 2.75) is 10.1 Å². The molecule has 2 aromatic rings. The SMILES string of the molecule is NC[C@@H](c1ccc(F)cc1)S(=O)(=O)c1ccccc1. The van der Waals surface area contributed by atoms with Crippen LogP contribution in [0.15, 0.2) is 59.5 Å². The van der Waals surface area contributed by atoms with E-state index in [0.29, 0.717) is 5.56 Å². The summed E-state index contributed by atoms with van der Waals surface area (Å²) in [5.41, 5.74) is 6.09. The van der Waals surface area contributed by atoms with Crippen LogP contribution in [0.4, 0.5) is 4.39 Å². The Morgan fingerprint density at radius 2 is 1.58 bits per heavy atom. The average Bonchev–Trinajstić information content (AvgIpc) is 2.42. The second-order valence-corrected chi connectivity index (χ2v) is 6.26. The molecule has 0 radical (unpaired) electrons. The van der Waals surface area contributed by atoms with Crippen LogP contribution in [0.5, 0.6) is 0 Å². The fourth-order valence-corrected chi connectivity index (χ4v) is 3.53. The maximum atomic E-state index is 12.9. The number of hydrogen-bond donors (Lipinski definition) is 1. The Labute approximate surface area is 111 Å². The highest BCUT2D eigenvalue weighted by Crippen LogP contribution is 2.27. The molecule has 0 aromatic heterocycles. The smallest absolute Gasteiger partial charge is 0.186 e. The lowest BCUT2D eigenvalue weighted by atomic mass is 10.1. The normalized spacial score (nSPS) is 13.2. The molecule has 0 spiro atoms. The summed E-state index contributed by atoms with van der Waals surface area (Å²) < 4.78 is 37.8. The summed E-state index contributed by atoms with van der Waals surface area (Å²) in [6.07, 6.45) is 0. The van der Waals surface area contributed by atoms with Crippen molar-refractivity contribution in [1.29, 1.82) is 0 Å². The van der Waals surface area contributed by atoms with E-state index in [1.54, 1.807) is 18.2 Å². The Kier molecular flexibility index (Phi) is 3.97. The van der Waals surface area contributed by atoms with Gasteiger partial charge in [0.15, 0.2) is 9.84 Å². The van der Waals surface area contributed by atoms with Crippen LogP contribution in [0.3, 0.4) is 0 Å². The van der Waals surface area contributed by atoms with E-state index in [9.17, 15) is 12.8 Å². The Hall–Kier alpha value is -1.72. The first-order valence-electron chi connectivity index (χ1n) is 5.80. The number of hydrogen-bond acceptors (Lipinski definition) is 3. The van der Waals surface area contributed by atoms with Crippen LogP contribution >= 0.6 is 0 Å². The second-order valence-electron chi connectivity index (χ2n) is 4.13. The summed E-state index contributed by atoms with van der Waals surface area (Å²) in [5, 5.41) is -0.865. The molecule has 0 aliphatic carbocycles. The van der Waals surface area contributed by atoms with E-state index in [-0.39, 0.29) is 11.4 Å². The third-order valence-electron chi connectivity index (χ3n) is 2.90. The predicted octanol–water partition coefficient (Wildman–Crippen LogP) is 2.30. The highest BCUT2D eigenvalue weighted by Gasteiger charge is 2.27. The van der Waals surface area contributed by atoms with Gasteiger partial charge in [-0.15, -0.1) is 0 Å². The van der Waals surface area contributed by atoms with Crippen LogP contribution in [0.1, 0.15) is 10.8 Å². The van der Waals surface area contributed by atoms with Crippen molar-refractivity contribution in [3.63, 3.8) is 0 Å². The maximum absolute atomic E-state index is 12.9. The zero-order valence-electron chi connectivity index (χ0n) is 10.2. The third kappa shape index (κ3) is 2.83. The molecule has 0 heterocycles. The molecule has 2 rings (SSSR count). The molecule has 0 saturated heterocycles. The van der Waals surface area contributed by atoms with Gasteiger partial charge in [-0.05, 0) is 29.8 Å². The number of rotatable bonds is 4. The standard InChI is InChI=1S/C14H14FNO2S/c15-12-8-6-11(7-9-12)14(10-16)19(17,18)13-4-2-1-3-5-13/h1-9,14H,10,16H2/t14-/m0/s1. The Morgan fingerprint density at radius 3 is 2.11 bits per heavy atom. The van der Waals surface area contributed by atoms with Crippen molar-refractivity contribution < 1.29 is 12.8 Å². The van der Waals surface area contributed by atoms with E-state index in [1.807, 2.05) is 0 Å². The number of benzene rings is 2. The molecule has 1 atom stereocenters.